The zero-order valence-electron chi connectivity index (χ0n) is 20.5. The van der Waals surface area contributed by atoms with Crippen LogP contribution >= 0.6 is 0 Å². The monoisotopic (exact) mass is 529 g/mol. The van der Waals surface area contributed by atoms with E-state index >= 15 is 0 Å². The molecule has 0 N–H and O–H groups in total. The van der Waals surface area contributed by atoms with E-state index in [2.05, 4.69) is 10.1 Å². The number of aromatic nitrogens is 2. The average Bonchev–Trinajstić information content (AvgIpc) is 3.37. The molecule has 2 aromatic rings. The van der Waals surface area contributed by atoms with Crippen LogP contribution < -0.4 is 4.90 Å². The lowest BCUT2D eigenvalue weighted by Gasteiger charge is -2.53. The van der Waals surface area contributed by atoms with Crippen LogP contribution in [0.25, 0.3) is 0 Å². The fraction of sp³-hybridized carbons (Fsp3) is 0.654. The lowest BCUT2D eigenvalue weighted by Crippen LogP contribution is -2.52. The van der Waals surface area contributed by atoms with Gasteiger partial charge in [-0.25, -0.2) is 17.6 Å². The van der Waals surface area contributed by atoms with Gasteiger partial charge in [-0.15, -0.1) is 0 Å². The number of rotatable bonds is 6. The molecule has 4 fully saturated rings. The van der Waals surface area contributed by atoms with Crippen LogP contribution in [0.5, 0.6) is 0 Å². The van der Waals surface area contributed by atoms with Crippen LogP contribution in [0.4, 0.5) is 32.0 Å². The maximum Gasteiger partial charge on any atom is 0.322 e. The zero-order chi connectivity index (χ0) is 26.6. The maximum atomic E-state index is 14.1. The largest absolute Gasteiger partial charge is 0.333 e. The minimum absolute atomic E-state index is 0.0321. The Balaban J connectivity index is 1.36. The molecule has 1 heterocycles. The summed E-state index contributed by atoms with van der Waals surface area (Å²) in [6.45, 7) is 0.941. The number of nitrogens with zero attached hydrogens (tertiary/aromatic N) is 3. The van der Waals surface area contributed by atoms with Crippen molar-refractivity contribution in [3.05, 3.63) is 41.5 Å². The van der Waals surface area contributed by atoms with Gasteiger partial charge < -0.3 is 9.42 Å². The number of amides is 1. The van der Waals surface area contributed by atoms with Crippen molar-refractivity contribution >= 4 is 11.6 Å². The smallest absolute Gasteiger partial charge is 0.322 e. The second-order valence-corrected chi connectivity index (χ2v) is 11.2. The Labute approximate surface area is 210 Å². The highest BCUT2D eigenvalue weighted by molar-refractivity contribution is 5.95. The Morgan fingerprint density at radius 3 is 2.19 bits per heavy atom. The summed E-state index contributed by atoms with van der Waals surface area (Å²) in [5.74, 6) is -9.58. The molecule has 1 amide bonds. The van der Waals surface area contributed by atoms with Crippen molar-refractivity contribution in [3.63, 3.8) is 0 Å². The molecule has 0 spiro atoms. The molecule has 0 saturated heterocycles. The van der Waals surface area contributed by atoms with Crippen molar-refractivity contribution in [2.24, 2.45) is 11.3 Å². The Kier molecular flexibility index (Phi) is 6.34. The number of hydrogen-bond acceptors (Lipinski definition) is 4. The van der Waals surface area contributed by atoms with Gasteiger partial charge in [0.15, 0.2) is 17.5 Å². The van der Waals surface area contributed by atoms with Gasteiger partial charge in [-0.1, -0.05) is 5.16 Å². The molecule has 6 rings (SSSR count). The third-order valence-electron chi connectivity index (χ3n) is 8.72. The first kappa shape index (κ1) is 26.0. The van der Waals surface area contributed by atoms with E-state index in [0.717, 1.165) is 12.1 Å². The molecule has 0 unspecified atom stereocenters. The number of halogens is 6. The van der Waals surface area contributed by atoms with Gasteiger partial charge in [0.25, 0.3) is 5.89 Å². The molecule has 4 saturated carbocycles. The van der Waals surface area contributed by atoms with Gasteiger partial charge >= 0.3 is 5.92 Å². The summed E-state index contributed by atoms with van der Waals surface area (Å²) >= 11 is 0. The van der Waals surface area contributed by atoms with Gasteiger partial charge in [-0.2, -0.15) is 13.8 Å². The second-order valence-electron chi connectivity index (χ2n) is 11.2. The van der Waals surface area contributed by atoms with Crippen LogP contribution in [0.15, 0.2) is 22.7 Å². The zero-order valence-corrected chi connectivity index (χ0v) is 20.5. The highest BCUT2D eigenvalue weighted by atomic mass is 19.3. The average molecular weight is 530 g/mol. The summed E-state index contributed by atoms with van der Waals surface area (Å²) in [6, 6.07) is 3.27. The van der Waals surface area contributed by atoms with Gasteiger partial charge in [0, 0.05) is 49.4 Å². The van der Waals surface area contributed by atoms with E-state index in [9.17, 15) is 31.1 Å². The van der Waals surface area contributed by atoms with Gasteiger partial charge in [-0.3, -0.25) is 4.79 Å². The molecule has 5 nitrogen and oxygen atoms in total. The van der Waals surface area contributed by atoms with Crippen LogP contribution in [0, 0.1) is 23.0 Å². The number of hydrogen-bond donors (Lipinski definition) is 0. The standard InChI is InChI=1S/C26H29F6N3O2/c1-23(29,30)22-33-21(34-37-22)25-11-8-24(9-12-25,10-13-25)15-35(17-2-3-18(27)19(28)14-17)20(36)16-4-6-26(31,32)7-5-16/h2-3,14,16H,4-13,15H2,1H3. The summed E-state index contributed by atoms with van der Waals surface area (Å²) < 4.78 is 87.4. The van der Waals surface area contributed by atoms with E-state index in [1.165, 1.54) is 11.0 Å². The van der Waals surface area contributed by atoms with Crippen LogP contribution in [-0.4, -0.2) is 28.5 Å². The minimum atomic E-state index is -3.23. The van der Waals surface area contributed by atoms with Crippen molar-refractivity contribution in [2.45, 2.75) is 88.4 Å². The fourth-order valence-corrected chi connectivity index (χ4v) is 6.25. The van der Waals surface area contributed by atoms with E-state index < -0.39 is 40.7 Å². The molecule has 37 heavy (non-hydrogen) atoms. The molecular weight excluding hydrogens is 500 g/mol. The molecule has 0 radical (unpaired) electrons. The van der Waals surface area contributed by atoms with E-state index in [0.29, 0.717) is 45.4 Å². The minimum Gasteiger partial charge on any atom is -0.333 e. The lowest BCUT2D eigenvalue weighted by atomic mass is 9.53. The van der Waals surface area contributed by atoms with Crippen LogP contribution in [0.1, 0.15) is 82.8 Å². The number of alkyl halides is 4. The number of anilines is 1. The first-order valence-corrected chi connectivity index (χ1v) is 12.7. The number of fused-ring (bicyclic) bond motifs is 3. The van der Waals surface area contributed by atoms with Gasteiger partial charge in [0.05, 0.1) is 0 Å². The maximum absolute atomic E-state index is 14.1. The quantitative estimate of drug-likeness (QED) is 0.382. The van der Waals surface area contributed by atoms with Crippen molar-refractivity contribution in [2.75, 3.05) is 11.4 Å². The molecule has 202 valence electrons. The molecular formula is C26H29F6N3O2. The third-order valence-corrected chi connectivity index (χ3v) is 8.72. The number of benzene rings is 1. The molecule has 1 aromatic carbocycles. The van der Waals surface area contributed by atoms with Crippen LogP contribution in [-0.2, 0) is 16.1 Å². The molecule has 0 atom stereocenters. The molecule has 4 aliphatic rings. The highest BCUT2D eigenvalue weighted by Gasteiger charge is 2.53. The normalized spacial score (nSPS) is 27.9. The van der Waals surface area contributed by atoms with Crippen molar-refractivity contribution in [3.8, 4) is 0 Å². The van der Waals surface area contributed by atoms with Gasteiger partial charge in [-0.05, 0) is 68.9 Å². The van der Waals surface area contributed by atoms with Crippen LogP contribution in [0.3, 0.4) is 0 Å². The van der Waals surface area contributed by atoms with E-state index in [1.807, 2.05) is 0 Å². The Hall–Kier alpha value is -2.59. The highest BCUT2D eigenvalue weighted by Crippen LogP contribution is 2.58. The third kappa shape index (κ3) is 4.97. The number of carbonyl (C=O) groups is 1. The SMILES string of the molecule is CC(F)(F)c1nc(C23CCC(CN(C(=O)C4CCC(F)(F)CC4)c4ccc(F)c(F)c4)(CC2)CC3)no1. The summed E-state index contributed by atoms with van der Waals surface area (Å²) in [5.41, 5.74) is -0.617. The van der Waals surface area contributed by atoms with Gasteiger partial charge in [0.2, 0.25) is 11.8 Å². The van der Waals surface area contributed by atoms with E-state index in [4.69, 9.17) is 4.52 Å². The molecule has 1 aromatic heterocycles. The first-order chi connectivity index (χ1) is 17.3. The second kappa shape index (κ2) is 9.01. The van der Waals surface area contributed by atoms with Crippen molar-refractivity contribution in [1.82, 2.24) is 10.1 Å². The molecule has 4 aliphatic carbocycles. The van der Waals surface area contributed by atoms with Crippen molar-refractivity contribution in [1.29, 1.82) is 0 Å². The Morgan fingerprint density at radius 2 is 1.65 bits per heavy atom. The topological polar surface area (TPSA) is 59.2 Å². The molecule has 2 bridgehead atoms. The summed E-state index contributed by atoms with van der Waals surface area (Å²) in [7, 11) is 0. The van der Waals surface area contributed by atoms with Crippen molar-refractivity contribution < 1.29 is 35.7 Å². The van der Waals surface area contributed by atoms with E-state index in [1.54, 1.807) is 0 Å². The summed E-state index contributed by atoms with van der Waals surface area (Å²) in [4.78, 5) is 19.0. The molecule has 0 aliphatic heterocycles. The van der Waals surface area contributed by atoms with Crippen LogP contribution in [0.2, 0.25) is 0 Å². The fourth-order valence-electron chi connectivity index (χ4n) is 6.25. The Bertz CT molecular complexity index is 1140. The predicted molar refractivity (Wildman–Crippen MR) is 121 cm³/mol. The van der Waals surface area contributed by atoms with E-state index in [-0.39, 0.29) is 55.1 Å². The lowest BCUT2D eigenvalue weighted by molar-refractivity contribution is -0.127. The summed E-state index contributed by atoms with van der Waals surface area (Å²) in [6.07, 6.45) is 3.07. The number of carbonyl (C=O) groups excluding carboxylic acids is 1. The predicted octanol–water partition coefficient (Wildman–Crippen LogP) is 6.91. The van der Waals surface area contributed by atoms with Gasteiger partial charge in [0.1, 0.15) is 0 Å². The molecule has 11 heteroatoms. The first-order valence-electron chi connectivity index (χ1n) is 12.7. The Morgan fingerprint density at radius 1 is 1.03 bits per heavy atom. The summed E-state index contributed by atoms with van der Waals surface area (Å²) in [5, 5.41) is 3.86.